The number of ether oxygens (including phenoxy) is 2. The van der Waals surface area contributed by atoms with Crippen molar-refractivity contribution < 1.29 is 9.47 Å². The Hall–Kier alpha value is -0.570. The minimum Gasteiger partial charge on any atom is -0.370 e. The Labute approximate surface area is 126 Å². The van der Waals surface area contributed by atoms with E-state index in [4.69, 9.17) is 21.1 Å². The molecule has 20 heavy (non-hydrogen) atoms. The molecular weight excluding hydrogens is 272 g/mol. The predicted molar refractivity (Wildman–Crippen MR) is 80.9 cm³/mol. The summed E-state index contributed by atoms with van der Waals surface area (Å²) in [6, 6.07) is 7.88. The van der Waals surface area contributed by atoms with Gasteiger partial charge in [-0.25, -0.2) is 0 Å². The van der Waals surface area contributed by atoms with E-state index in [1.165, 1.54) is 0 Å². The Morgan fingerprint density at radius 1 is 1.40 bits per heavy atom. The first-order valence-corrected chi connectivity index (χ1v) is 7.88. The Kier molecular flexibility index (Phi) is 3.60. The molecule has 0 saturated carbocycles. The third kappa shape index (κ3) is 2.38. The van der Waals surface area contributed by atoms with E-state index in [1.54, 1.807) is 0 Å². The Balaban J connectivity index is 1.67. The zero-order chi connectivity index (χ0) is 14.4. The molecule has 0 aromatic heterocycles. The first-order chi connectivity index (χ1) is 9.43. The molecule has 2 saturated heterocycles. The van der Waals surface area contributed by atoms with E-state index in [-0.39, 0.29) is 17.3 Å². The van der Waals surface area contributed by atoms with Crippen LogP contribution in [0.5, 0.6) is 0 Å². The highest BCUT2D eigenvalue weighted by Gasteiger charge is 2.60. The monoisotopic (exact) mass is 294 g/mol. The lowest BCUT2D eigenvalue weighted by atomic mass is 9.75. The fourth-order valence-corrected chi connectivity index (χ4v) is 3.84. The summed E-state index contributed by atoms with van der Waals surface area (Å²) in [5, 5.41) is 0.764. The minimum atomic E-state index is -0.108. The molecular formula is C17H23ClO2. The van der Waals surface area contributed by atoms with E-state index in [2.05, 4.69) is 26.8 Å². The molecule has 2 bridgehead atoms. The summed E-state index contributed by atoms with van der Waals surface area (Å²) >= 11 is 6.01. The van der Waals surface area contributed by atoms with Gasteiger partial charge < -0.3 is 9.47 Å². The maximum Gasteiger partial charge on any atom is 0.0924 e. The Bertz CT molecular complexity index is 502. The largest absolute Gasteiger partial charge is 0.370 e. The van der Waals surface area contributed by atoms with Crippen LogP contribution in [-0.4, -0.2) is 17.3 Å². The third-order valence-electron chi connectivity index (χ3n) is 5.09. The van der Waals surface area contributed by atoms with E-state index >= 15 is 0 Å². The van der Waals surface area contributed by atoms with Gasteiger partial charge in [-0.15, -0.1) is 0 Å². The SMILES string of the molecule is CC(C)C12CCC(C)(O1)C(OCc1cccc(Cl)c1)C2. The number of rotatable bonds is 4. The smallest absolute Gasteiger partial charge is 0.0924 e. The number of benzene rings is 1. The average molecular weight is 295 g/mol. The molecule has 3 rings (SSSR count). The maximum absolute atomic E-state index is 6.38. The maximum atomic E-state index is 6.38. The number of hydrogen-bond donors (Lipinski definition) is 0. The molecule has 0 aliphatic carbocycles. The molecule has 0 N–H and O–H groups in total. The number of hydrogen-bond acceptors (Lipinski definition) is 2. The van der Waals surface area contributed by atoms with Gasteiger partial charge in [0.25, 0.3) is 0 Å². The summed E-state index contributed by atoms with van der Waals surface area (Å²) in [6.07, 6.45) is 3.48. The van der Waals surface area contributed by atoms with Gasteiger partial charge in [0.05, 0.1) is 23.9 Å². The van der Waals surface area contributed by atoms with Crippen LogP contribution in [0, 0.1) is 5.92 Å². The fourth-order valence-electron chi connectivity index (χ4n) is 3.63. The fraction of sp³-hybridized carbons (Fsp3) is 0.647. The van der Waals surface area contributed by atoms with Crippen LogP contribution in [0.15, 0.2) is 24.3 Å². The van der Waals surface area contributed by atoms with Gasteiger partial charge in [0.2, 0.25) is 0 Å². The third-order valence-corrected chi connectivity index (χ3v) is 5.32. The van der Waals surface area contributed by atoms with Crippen LogP contribution in [0.2, 0.25) is 5.02 Å². The number of fused-ring (bicyclic) bond motifs is 2. The van der Waals surface area contributed by atoms with Crippen LogP contribution in [0.25, 0.3) is 0 Å². The molecule has 110 valence electrons. The zero-order valence-electron chi connectivity index (χ0n) is 12.5. The molecule has 2 nitrogen and oxygen atoms in total. The second kappa shape index (κ2) is 5.01. The van der Waals surface area contributed by atoms with Gasteiger partial charge in [-0.2, -0.15) is 0 Å². The van der Waals surface area contributed by atoms with Crippen molar-refractivity contribution >= 4 is 11.6 Å². The molecule has 3 atom stereocenters. The van der Waals surface area contributed by atoms with Crippen LogP contribution < -0.4 is 0 Å². The van der Waals surface area contributed by atoms with Crippen molar-refractivity contribution in [3.05, 3.63) is 34.9 Å². The van der Waals surface area contributed by atoms with Gasteiger partial charge in [0.15, 0.2) is 0 Å². The molecule has 3 heteroatoms. The topological polar surface area (TPSA) is 18.5 Å². The first kappa shape index (κ1) is 14.4. The van der Waals surface area contributed by atoms with Crippen molar-refractivity contribution in [1.29, 1.82) is 0 Å². The standard InChI is InChI=1S/C17H23ClO2/c1-12(2)17-8-7-16(3,20-17)15(10-17)19-11-13-5-4-6-14(18)9-13/h4-6,9,12,15H,7-8,10-11H2,1-3H3. The summed E-state index contributed by atoms with van der Waals surface area (Å²) in [4.78, 5) is 0. The molecule has 1 aromatic carbocycles. The molecule has 2 fully saturated rings. The lowest BCUT2D eigenvalue weighted by molar-refractivity contribution is -0.0959. The van der Waals surface area contributed by atoms with Crippen molar-refractivity contribution in [1.82, 2.24) is 0 Å². The zero-order valence-corrected chi connectivity index (χ0v) is 13.2. The van der Waals surface area contributed by atoms with E-state index in [0.29, 0.717) is 12.5 Å². The van der Waals surface area contributed by atoms with E-state index in [1.807, 2.05) is 18.2 Å². The highest BCUT2D eigenvalue weighted by atomic mass is 35.5. The normalized spacial score (nSPS) is 36.0. The van der Waals surface area contributed by atoms with Crippen LogP contribution in [0.4, 0.5) is 0 Å². The Morgan fingerprint density at radius 2 is 2.20 bits per heavy atom. The molecule has 0 amide bonds. The van der Waals surface area contributed by atoms with Crippen molar-refractivity contribution in [2.75, 3.05) is 0 Å². The van der Waals surface area contributed by atoms with E-state index in [9.17, 15) is 0 Å². The highest BCUT2D eigenvalue weighted by Crippen LogP contribution is 2.55. The second-order valence-electron chi connectivity index (χ2n) is 6.77. The van der Waals surface area contributed by atoms with Crippen LogP contribution >= 0.6 is 11.6 Å². The predicted octanol–water partition coefficient (Wildman–Crippen LogP) is 4.59. The first-order valence-electron chi connectivity index (χ1n) is 7.50. The molecule has 2 aliphatic heterocycles. The second-order valence-corrected chi connectivity index (χ2v) is 7.20. The molecule has 3 unspecified atom stereocenters. The molecule has 0 spiro atoms. The molecule has 2 aliphatic rings. The van der Waals surface area contributed by atoms with Gasteiger partial charge in [-0.1, -0.05) is 37.6 Å². The van der Waals surface area contributed by atoms with Crippen LogP contribution in [-0.2, 0) is 16.1 Å². The molecule has 1 aromatic rings. The van der Waals surface area contributed by atoms with Gasteiger partial charge in [-0.3, -0.25) is 0 Å². The highest BCUT2D eigenvalue weighted by molar-refractivity contribution is 6.30. The van der Waals surface area contributed by atoms with E-state index in [0.717, 1.165) is 29.8 Å². The van der Waals surface area contributed by atoms with Crippen molar-refractivity contribution in [2.24, 2.45) is 5.92 Å². The quantitative estimate of drug-likeness (QED) is 0.808. The van der Waals surface area contributed by atoms with E-state index < -0.39 is 0 Å². The summed E-state index contributed by atoms with van der Waals surface area (Å²) in [5.41, 5.74) is 1.05. The van der Waals surface area contributed by atoms with Crippen LogP contribution in [0.3, 0.4) is 0 Å². The van der Waals surface area contributed by atoms with Gasteiger partial charge in [0.1, 0.15) is 0 Å². The summed E-state index contributed by atoms with van der Waals surface area (Å²) < 4.78 is 12.6. The Morgan fingerprint density at radius 3 is 2.85 bits per heavy atom. The summed E-state index contributed by atoms with van der Waals surface area (Å²) in [5.74, 6) is 0.545. The van der Waals surface area contributed by atoms with Crippen molar-refractivity contribution in [3.8, 4) is 0 Å². The molecule has 2 heterocycles. The van der Waals surface area contributed by atoms with Crippen molar-refractivity contribution in [2.45, 2.75) is 63.9 Å². The lowest BCUT2D eigenvalue weighted by Gasteiger charge is -2.31. The lowest BCUT2D eigenvalue weighted by Crippen LogP contribution is -2.38. The average Bonchev–Trinajstić information content (AvgIpc) is 2.88. The van der Waals surface area contributed by atoms with Gasteiger partial charge in [-0.05, 0) is 43.4 Å². The summed E-state index contributed by atoms with van der Waals surface area (Å²) in [7, 11) is 0. The van der Waals surface area contributed by atoms with Crippen LogP contribution in [0.1, 0.15) is 45.6 Å². The molecule has 0 radical (unpaired) electrons. The summed E-state index contributed by atoms with van der Waals surface area (Å²) in [6.45, 7) is 7.32. The van der Waals surface area contributed by atoms with Gasteiger partial charge >= 0.3 is 0 Å². The van der Waals surface area contributed by atoms with Gasteiger partial charge in [0, 0.05) is 11.4 Å². The number of halogens is 1. The van der Waals surface area contributed by atoms with Crippen molar-refractivity contribution in [3.63, 3.8) is 0 Å². The minimum absolute atomic E-state index is 0.0355.